The number of carbonyl (C=O) groups is 1. The van der Waals surface area contributed by atoms with Crippen LogP contribution in [0.1, 0.15) is 39.5 Å². The molecule has 1 aliphatic rings. The normalized spacial score (nSPS) is 16.6. The first-order valence-corrected chi connectivity index (χ1v) is 10.1. The van der Waals surface area contributed by atoms with E-state index in [2.05, 4.69) is 22.5 Å². The van der Waals surface area contributed by atoms with Crippen LogP contribution in [0.15, 0.2) is 29.3 Å². The van der Waals surface area contributed by atoms with E-state index in [1.807, 2.05) is 36.1 Å². The molecule has 0 radical (unpaired) electrons. The van der Waals surface area contributed by atoms with Gasteiger partial charge in [0.1, 0.15) is 6.10 Å². The third kappa shape index (κ3) is 6.32. The van der Waals surface area contributed by atoms with Crippen LogP contribution in [0.5, 0.6) is 11.5 Å². The molecule has 0 saturated carbocycles. The van der Waals surface area contributed by atoms with Crippen molar-refractivity contribution in [3.63, 3.8) is 0 Å². The zero-order valence-electron chi connectivity index (χ0n) is 17.5. The van der Waals surface area contributed by atoms with E-state index in [0.717, 1.165) is 49.8 Å². The van der Waals surface area contributed by atoms with Gasteiger partial charge >= 0.3 is 0 Å². The number of methoxy groups -OCH3 is 1. The summed E-state index contributed by atoms with van der Waals surface area (Å²) in [5.74, 6) is 2.47. The number of aliphatic imine (C=N–C) groups is 1. The Bertz CT molecular complexity index is 650. The summed E-state index contributed by atoms with van der Waals surface area (Å²) in [4.78, 5) is 18.2. The van der Waals surface area contributed by atoms with Crippen LogP contribution in [0, 0.1) is 0 Å². The lowest BCUT2D eigenvalue weighted by atomic mass is 10.1. The Balaban J connectivity index is 1.74. The van der Waals surface area contributed by atoms with Gasteiger partial charge in [-0.25, -0.2) is 0 Å². The number of rotatable bonds is 10. The molecule has 1 heterocycles. The molecule has 0 aromatic heterocycles. The Kier molecular flexibility index (Phi) is 8.91. The molecule has 0 bridgehead atoms. The largest absolute Gasteiger partial charge is 0.493 e. The molecular formula is C21H34N4O3. The summed E-state index contributed by atoms with van der Waals surface area (Å²) in [5.41, 5.74) is 0. The number of benzene rings is 1. The standard InChI is InChI=1S/C21H34N4O3/c1-5-17(25-14-8-11-20(25)26)12-13-23-21(22-3)24-15-16(2)28-19-10-7-6-9-18(19)27-4/h6-7,9-10,16-17H,5,8,11-15H2,1-4H3,(H2,22,23,24). The lowest BCUT2D eigenvalue weighted by molar-refractivity contribution is -0.129. The van der Waals surface area contributed by atoms with Crippen LogP contribution in [0.25, 0.3) is 0 Å². The average Bonchev–Trinajstić information content (AvgIpc) is 3.13. The van der Waals surface area contributed by atoms with Crippen LogP contribution >= 0.6 is 0 Å². The van der Waals surface area contributed by atoms with Gasteiger partial charge in [-0.1, -0.05) is 19.1 Å². The predicted octanol–water partition coefficient (Wildman–Crippen LogP) is 2.42. The van der Waals surface area contributed by atoms with Gasteiger partial charge in [-0.15, -0.1) is 0 Å². The number of guanidine groups is 1. The second kappa shape index (κ2) is 11.4. The van der Waals surface area contributed by atoms with Crippen molar-refractivity contribution in [2.45, 2.75) is 51.7 Å². The maximum absolute atomic E-state index is 11.9. The molecule has 1 aromatic rings. The van der Waals surface area contributed by atoms with Crippen LogP contribution in [-0.4, -0.2) is 62.7 Å². The zero-order chi connectivity index (χ0) is 20.4. The van der Waals surface area contributed by atoms with Crippen molar-refractivity contribution in [3.8, 4) is 11.5 Å². The lowest BCUT2D eigenvalue weighted by Gasteiger charge is -2.27. The first-order chi connectivity index (χ1) is 13.6. The second-order valence-corrected chi connectivity index (χ2v) is 7.00. The van der Waals surface area contributed by atoms with Crippen LogP contribution in [0.2, 0.25) is 0 Å². The summed E-state index contributed by atoms with van der Waals surface area (Å²) in [6.45, 7) is 6.41. The first-order valence-electron chi connectivity index (χ1n) is 10.1. The molecule has 7 heteroatoms. The van der Waals surface area contributed by atoms with Crippen LogP contribution < -0.4 is 20.1 Å². The van der Waals surface area contributed by atoms with Gasteiger partial charge in [-0.05, 0) is 38.3 Å². The summed E-state index contributed by atoms with van der Waals surface area (Å²) < 4.78 is 11.3. The summed E-state index contributed by atoms with van der Waals surface area (Å²) >= 11 is 0. The lowest BCUT2D eigenvalue weighted by Crippen LogP contribution is -2.44. The van der Waals surface area contributed by atoms with Crippen molar-refractivity contribution in [1.29, 1.82) is 0 Å². The monoisotopic (exact) mass is 390 g/mol. The van der Waals surface area contributed by atoms with Gasteiger partial charge in [-0.3, -0.25) is 9.79 Å². The van der Waals surface area contributed by atoms with E-state index in [0.29, 0.717) is 19.0 Å². The fourth-order valence-electron chi connectivity index (χ4n) is 3.43. The first kappa shape index (κ1) is 21.9. The van der Waals surface area contributed by atoms with Crippen LogP contribution in [0.4, 0.5) is 0 Å². The number of amides is 1. The Hall–Kier alpha value is -2.44. The quantitative estimate of drug-likeness (QED) is 0.474. The van der Waals surface area contributed by atoms with E-state index in [4.69, 9.17) is 9.47 Å². The molecule has 2 atom stereocenters. The molecule has 156 valence electrons. The molecule has 0 aliphatic carbocycles. The van der Waals surface area contributed by atoms with E-state index in [1.54, 1.807) is 14.2 Å². The highest BCUT2D eigenvalue weighted by molar-refractivity contribution is 5.79. The predicted molar refractivity (Wildman–Crippen MR) is 112 cm³/mol. The van der Waals surface area contributed by atoms with Crippen molar-refractivity contribution >= 4 is 11.9 Å². The number of hydrogen-bond donors (Lipinski definition) is 2. The molecule has 28 heavy (non-hydrogen) atoms. The van der Waals surface area contributed by atoms with Gasteiger partial charge in [0.05, 0.1) is 13.7 Å². The molecule has 1 amide bonds. The summed E-state index contributed by atoms with van der Waals surface area (Å²) in [6, 6.07) is 7.92. The van der Waals surface area contributed by atoms with Gasteiger partial charge in [0.25, 0.3) is 0 Å². The zero-order valence-corrected chi connectivity index (χ0v) is 17.5. The molecule has 2 N–H and O–H groups in total. The second-order valence-electron chi connectivity index (χ2n) is 7.00. The summed E-state index contributed by atoms with van der Waals surface area (Å²) in [7, 11) is 3.39. The fraction of sp³-hybridized carbons (Fsp3) is 0.619. The minimum Gasteiger partial charge on any atom is -0.493 e. The molecule has 1 fully saturated rings. The van der Waals surface area contributed by atoms with Crippen molar-refractivity contribution in [1.82, 2.24) is 15.5 Å². The number of nitrogens with zero attached hydrogens (tertiary/aromatic N) is 2. The van der Waals surface area contributed by atoms with E-state index in [9.17, 15) is 4.79 Å². The maximum Gasteiger partial charge on any atom is 0.222 e. The molecule has 1 aromatic carbocycles. The topological polar surface area (TPSA) is 75.2 Å². The van der Waals surface area contributed by atoms with Gasteiger partial charge in [0, 0.05) is 32.6 Å². The molecular weight excluding hydrogens is 356 g/mol. The minimum absolute atomic E-state index is 0.0551. The van der Waals surface area contributed by atoms with Gasteiger partial charge in [0.15, 0.2) is 17.5 Å². The van der Waals surface area contributed by atoms with Crippen LogP contribution in [-0.2, 0) is 4.79 Å². The fourth-order valence-corrected chi connectivity index (χ4v) is 3.43. The SMILES string of the molecule is CCC(CCNC(=NC)NCC(C)Oc1ccccc1OC)N1CCCC1=O. The Morgan fingerprint density at radius 3 is 2.64 bits per heavy atom. The van der Waals surface area contributed by atoms with Gasteiger partial charge in [-0.2, -0.15) is 0 Å². The van der Waals surface area contributed by atoms with Crippen molar-refractivity contribution in [2.75, 3.05) is 33.8 Å². The highest BCUT2D eigenvalue weighted by Gasteiger charge is 2.26. The number of hydrogen-bond acceptors (Lipinski definition) is 4. The molecule has 2 unspecified atom stereocenters. The highest BCUT2D eigenvalue weighted by Crippen LogP contribution is 2.26. The number of carbonyl (C=O) groups excluding carboxylic acids is 1. The molecule has 7 nitrogen and oxygen atoms in total. The van der Waals surface area contributed by atoms with E-state index < -0.39 is 0 Å². The average molecular weight is 391 g/mol. The van der Waals surface area contributed by atoms with E-state index in [1.165, 1.54) is 0 Å². The van der Waals surface area contributed by atoms with Crippen molar-refractivity contribution in [3.05, 3.63) is 24.3 Å². The van der Waals surface area contributed by atoms with Crippen LogP contribution in [0.3, 0.4) is 0 Å². The van der Waals surface area contributed by atoms with E-state index >= 15 is 0 Å². The Labute approximate surface area is 168 Å². The van der Waals surface area contributed by atoms with Gasteiger partial charge in [0.2, 0.25) is 5.91 Å². The smallest absolute Gasteiger partial charge is 0.222 e. The third-order valence-electron chi connectivity index (χ3n) is 4.97. The molecule has 2 rings (SSSR count). The van der Waals surface area contributed by atoms with Gasteiger partial charge < -0.3 is 25.0 Å². The molecule has 0 spiro atoms. The molecule has 1 aliphatic heterocycles. The summed E-state index contributed by atoms with van der Waals surface area (Å²) in [5, 5.41) is 6.62. The Morgan fingerprint density at radius 2 is 2.04 bits per heavy atom. The third-order valence-corrected chi connectivity index (χ3v) is 4.97. The maximum atomic E-state index is 11.9. The van der Waals surface area contributed by atoms with E-state index in [-0.39, 0.29) is 12.0 Å². The number of para-hydroxylation sites is 2. The number of likely N-dealkylation sites (tertiary alicyclic amines) is 1. The summed E-state index contributed by atoms with van der Waals surface area (Å²) in [6.07, 6.45) is 3.51. The van der Waals surface area contributed by atoms with Crippen molar-refractivity contribution < 1.29 is 14.3 Å². The highest BCUT2D eigenvalue weighted by atomic mass is 16.5. The number of nitrogens with one attached hydrogen (secondary N) is 2. The minimum atomic E-state index is -0.0551. The van der Waals surface area contributed by atoms with Crippen molar-refractivity contribution in [2.24, 2.45) is 4.99 Å². The molecule has 1 saturated heterocycles. The number of ether oxygens (including phenoxy) is 2. The Morgan fingerprint density at radius 1 is 1.29 bits per heavy atom.